The van der Waals surface area contributed by atoms with Gasteiger partial charge < -0.3 is 9.80 Å². The predicted molar refractivity (Wildman–Crippen MR) is 58.3 cm³/mol. The predicted octanol–water partition coefficient (Wildman–Crippen LogP) is 2.32. The van der Waals surface area contributed by atoms with Crippen molar-refractivity contribution in [3.05, 3.63) is 0 Å². The van der Waals surface area contributed by atoms with E-state index in [0.717, 1.165) is 19.4 Å². The Morgan fingerprint density at radius 3 is 2.29 bits per heavy atom. The summed E-state index contributed by atoms with van der Waals surface area (Å²) in [5.74, 6) is 0. The number of carbonyl (C=O) groups is 1. The van der Waals surface area contributed by atoms with Gasteiger partial charge in [0.15, 0.2) is 0 Å². The molecule has 0 aromatic rings. The van der Waals surface area contributed by atoms with E-state index in [9.17, 15) is 4.79 Å². The van der Waals surface area contributed by atoms with E-state index in [0.29, 0.717) is 6.04 Å². The Bertz CT molecular complexity index is 229. The van der Waals surface area contributed by atoms with Gasteiger partial charge in [0.1, 0.15) is 0 Å². The molecule has 3 heteroatoms. The van der Waals surface area contributed by atoms with E-state index >= 15 is 0 Å². The van der Waals surface area contributed by atoms with Crippen LogP contribution in [0.5, 0.6) is 0 Å². The van der Waals surface area contributed by atoms with Gasteiger partial charge in [0, 0.05) is 13.6 Å². The van der Waals surface area contributed by atoms with Gasteiger partial charge in [-0.1, -0.05) is 13.8 Å². The molecule has 1 aliphatic rings. The summed E-state index contributed by atoms with van der Waals surface area (Å²) in [6.45, 7) is 9.38. The van der Waals surface area contributed by atoms with Crippen LogP contribution in [0.25, 0.3) is 0 Å². The van der Waals surface area contributed by atoms with Crippen LogP contribution < -0.4 is 0 Å². The third kappa shape index (κ3) is 1.30. The molecule has 1 unspecified atom stereocenters. The highest BCUT2D eigenvalue weighted by Gasteiger charge is 2.49. The molecule has 0 radical (unpaired) electrons. The van der Waals surface area contributed by atoms with Crippen molar-refractivity contribution in [2.75, 3.05) is 13.6 Å². The van der Waals surface area contributed by atoms with Crippen LogP contribution in [-0.2, 0) is 0 Å². The molecule has 0 bridgehead atoms. The van der Waals surface area contributed by atoms with Crippen LogP contribution in [-0.4, -0.2) is 41.0 Å². The Hall–Kier alpha value is -0.730. The average molecular weight is 198 g/mol. The molecule has 3 nitrogen and oxygen atoms in total. The SMILES string of the molecule is CCC1N(CC)C(=O)N(C)[C@@]1(C)CC. The highest BCUT2D eigenvalue weighted by molar-refractivity contribution is 5.78. The summed E-state index contributed by atoms with van der Waals surface area (Å²) in [4.78, 5) is 15.8. The Labute approximate surface area is 87.1 Å². The van der Waals surface area contributed by atoms with E-state index in [1.165, 1.54) is 0 Å². The monoisotopic (exact) mass is 198 g/mol. The lowest BCUT2D eigenvalue weighted by molar-refractivity contribution is 0.165. The highest BCUT2D eigenvalue weighted by Crippen LogP contribution is 2.35. The van der Waals surface area contributed by atoms with Crippen molar-refractivity contribution in [2.24, 2.45) is 0 Å². The third-order valence-corrected chi connectivity index (χ3v) is 3.84. The van der Waals surface area contributed by atoms with Crippen molar-refractivity contribution in [3.63, 3.8) is 0 Å². The number of hydrogen-bond donors (Lipinski definition) is 0. The van der Waals surface area contributed by atoms with E-state index in [1.807, 2.05) is 16.8 Å². The van der Waals surface area contributed by atoms with E-state index in [2.05, 4.69) is 27.7 Å². The van der Waals surface area contributed by atoms with Crippen LogP contribution in [0.2, 0.25) is 0 Å². The fourth-order valence-electron chi connectivity index (χ4n) is 2.59. The van der Waals surface area contributed by atoms with Crippen LogP contribution in [0.4, 0.5) is 4.79 Å². The van der Waals surface area contributed by atoms with Crippen LogP contribution in [0.15, 0.2) is 0 Å². The third-order valence-electron chi connectivity index (χ3n) is 3.84. The van der Waals surface area contributed by atoms with E-state index in [1.54, 1.807) is 0 Å². The first-order valence-electron chi connectivity index (χ1n) is 5.57. The molecule has 1 aliphatic heterocycles. The fraction of sp³-hybridized carbons (Fsp3) is 0.909. The normalized spacial score (nSPS) is 32.9. The zero-order valence-electron chi connectivity index (χ0n) is 10.0. The first kappa shape index (κ1) is 11.3. The van der Waals surface area contributed by atoms with Gasteiger partial charge in [-0.25, -0.2) is 4.79 Å². The second-order valence-electron chi connectivity index (χ2n) is 4.26. The van der Waals surface area contributed by atoms with Crippen molar-refractivity contribution in [1.29, 1.82) is 0 Å². The summed E-state index contributed by atoms with van der Waals surface area (Å²) in [5.41, 5.74) is 0.0157. The summed E-state index contributed by atoms with van der Waals surface area (Å²) in [7, 11) is 1.92. The Morgan fingerprint density at radius 2 is 1.93 bits per heavy atom. The smallest absolute Gasteiger partial charge is 0.320 e. The minimum Gasteiger partial charge on any atom is -0.320 e. The molecule has 0 aromatic heterocycles. The maximum atomic E-state index is 11.9. The van der Waals surface area contributed by atoms with Gasteiger partial charge >= 0.3 is 6.03 Å². The van der Waals surface area contributed by atoms with Crippen molar-refractivity contribution in [2.45, 2.75) is 52.1 Å². The molecule has 82 valence electrons. The van der Waals surface area contributed by atoms with Crippen LogP contribution >= 0.6 is 0 Å². The maximum Gasteiger partial charge on any atom is 0.320 e. The minimum atomic E-state index is 0.0157. The molecular formula is C11H22N2O. The summed E-state index contributed by atoms with van der Waals surface area (Å²) in [6.07, 6.45) is 2.05. The number of amides is 2. The Morgan fingerprint density at radius 1 is 1.36 bits per heavy atom. The zero-order chi connectivity index (χ0) is 10.9. The summed E-state index contributed by atoms with van der Waals surface area (Å²) in [5, 5.41) is 0. The number of urea groups is 1. The maximum absolute atomic E-state index is 11.9. The van der Waals surface area contributed by atoms with Crippen molar-refractivity contribution < 1.29 is 4.79 Å². The fourth-order valence-corrected chi connectivity index (χ4v) is 2.59. The topological polar surface area (TPSA) is 23.6 Å². The molecule has 0 aromatic carbocycles. The van der Waals surface area contributed by atoms with Gasteiger partial charge in [0.2, 0.25) is 0 Å². The van der Waals surface area contributed by atoms with Gasteiger partial charge in [-0.3, -0.25) is 0 Å². The summed E-state index contributed by atoms with van der Waals surface area (Å²) >= 11 is 0. The Balaban J connectivity index is 3.02. The van der Waals surface area contributed by atoms with Crippen molar-refractivity contribution >= 4 is 6.03 Å². The number of carbonyl (C=O) groups excluding carboxylic acids is 1. The quantitative estimate of drug-likeness (QED) is 0.682. The molecule has 14 heavy (non-hydrogen) atoms. The molecule has 0 spiro atoms. The molecule has 0 N–H and O–H groups in total. The molecule has 1 rings (SSSR count). The lowest BCUT2D eigenvalue weighted by Gasteiger charge is -2.35. The molecule has 2 atom stereocenters. The number of nitrogens with zero attached hydrogens (tertiary/aromatic N) is 2. The van der Waals surface area contributed by atoms with E-state index in [-0.39, 0.29) is 11.6 Å². The number of hydrogen-bond acceptors (Lipinski definition) is 1. The highest BCUT2D eigenvalue weighted by atomic mass is 16.2. The number of rotatable bonds is 3. The minimum absolute atomic E-state index is 0.0157. The van der Waals surface area contributed by atoms with Crippen LogP contribution in [0, 0.1) is 0 Å². The van der Waals surface area contributed by atoms with Crippen LogP contribution in [0.1, 0.15) is 40.5 Å². The lowest BCUT2D eigenvalue weighted by Crippen LogP contribution is -2.47. The van der Waals surface area contributed by atoms with Gasteiger partial charge in [-0.2, -0.15) is 0 Å². The Kier molecular flexibility index (Phi) is 3.07. The second kappa shape index (κ2) is 3.79. The first-order chi connectivity index (χ1) is 6.52. The first-order valence-corrected chi connectivity index (χ1v) is 5.57. The molecular weight excluding hydrogens is 176 g/mol. The largest absolute Gasteiger partial charge is 0.320 e. The molecule has 1 saturated heterocycles. The molecule has 0 saturated carbocycles. The van der Waals surface area contributed by atoms with Gasteiger partial charge in [0.05, 0.1) is 11.6 Å². The molecule has 1 fully saturated rings. The molecule has 2 amide bonds. The van der Waals surface area contributed by atoms with Gasteiger partial charge in [-0.15, -0.1) is 0 Å². The van der Waals surface area contributed by atoms with E-state index < -0.39 is 0 Å². The van der Waals surface area contributed by atoms with E-state index in [4.69, 9.17) is 0 Å². The van der Waals surface area contributed by atoms with Crippen molar-refractivity contribution in [1.82, 2.24) is 9.80 Å². The molecule has 1 heterocycles. The standard InChI is InChI=1S/C11H22N2O/c1-6-9-11(4,7-2)12(5)10(14)13(9)8-3/h9H,6-8H2,1-5H3/t9?,11-/m0/s1. The zero-order valence-corrected chi connectivity index (χ0v) is 10.0. The van der Waals surface area contributed by atoms with Crippen LogP contribution in [0.3, 0.4) is 0 Å². The van der Waals surface area contributed by atoms with Gasteiger partial charge in [0.25, 0.3) is 0 Å². The lowest BCUT2D eigenvalue weighted by atomic mass is 9.87. The molecule has 0 aliphatic carbocycles. The second-order valence-corrected chi connectivity index (χ2v) is 4.26. The number of likely N-dealkylation sites (N-methyl/N-ethyl adjacent to an activating group) is 2. The van der Waals surface area contributed by atoms with Crippen molar-refractivity contribution in [3.8, 4) is 0 Å². The summed E-state index contributed by atoms with van der Waals surface area (Å²) < 4.78 is 0. The average Bonchev–Trinajstić information content (AvgIpc) is 2.39. The summed E-state index contributed by atoms with van der Waals surface area (Å²) in [6, 6.07) is 0.554. The van der Waals surface area contributed by atoms with Gasteiger partial charge in [-0.05, 0) is 26.7 Å².